The van der Waals surface area contributed by atoms with Crippen LogP contribution in [-0.2, 0) is 6.54 Å². The van der Waals surface area contributed by atoms with Crippen LogP contribution in [0.2, 0.25) is 0 Å². The Morgan fingerprint density at radius 1 is 1.09 bits per heavy atom. The second-order valence-corrected chi connectivity index (χ2v) is 10.3. The summed E-state index contributed by atoms with van der Waals surface area (Å²) in [6, 6.07) is 9.18. The van der Waals surface area contributed by atoms with Crippen molar-refractivity contribution in [2.45, 2.75) is 58.2 Å². The molecule has 8 heteroatoms. The quantitative estimate of drug-likeness (QED) is 0.651. The molecule has 1 aliphatic carbocycles. The number of anilines is 1. The summed E-state index contributed by atoms with van der Waals surface area (Å²) < 4.78 is 7.82. The van der Waals surface area contributed by atoms with Crippen LogP contribution < -0.4 is 10.1 Å². The summed E-state index contributed by atoms with van der Waals surface area (Å²) in [5.74, 6) is 1.63. The Bertz CT molecular complexity index is 1050. The third kappa shape index (κ3) is 6.24. The number of ether oxygens (including phenoxy) is 1. The molecule has 1 N–H and O–H groups in total. The summed E-state index contributed by atoms with van der Waals surface area (Å²) >= 11 is 0. The highest BCUT2D eigenvalue weighted by Gasteiger charge is 2.32. The predicted octanol–water partition coefficient (Wildman–Crippen LogP) is 3.93. The van der Waals surface area contributed by atoms with Crippen LogP contribution in [0.3, 0.4) is 0 Å². The lowest BCUT2D eigenvalue weighted by atomic mass is 10.1. The topological polar surface area (TPSA) is 65.9 Å². The van der Waals surface area contributed by atoms with Gasteiger partial charge < -0.3 is 19.9 Å². The van der Waals surface area contributed by atoms with Crippen LogP contribution in [0.1, 0.15) is 43.7 Å². The Morgan fingerprint density at radius 3 is 2.51 bits per heavy atom. The molecule has 8 nitrogen and oxygen atoms in total. The SMILES string of the molecule is C=C(C)Nc1ccn(C(=O)N2CCN(Cc3cc(C)cc(OC4CCN(C5CC5)CC4)c3)CC2)n1. The molecule has 3 fully saturated rings. The zero-order chi connectivity index (χ0) is 24.4. The minimum atomic E-state index is -0.0848. The van der Waals surface area contributed by atoms with E-state index in [0.717, 1.165) is 50.0 Å². The fraction of sp³-hybridized carbons (Fsp3) is 0.556. The van der Waals surface area contributed by atoms with Crippen LogP contribution in [0.15, 0.2) is 42.7 Å². The largest absolute Gasteiger partial charge is 0.490 e. The zero-order valence-electron chi connectivity index (χ0n) is 21.1. The molecule has 0 bridgehead atoms. The van der Waals surface area contributed by atoms with Gasteiger partial charge in [0, 0.05) is 69.8 Å². The number of piperazine rings is 1. The number of hydrogen-bond acceptors (Lipinski definition) is 6. The molecule has 1 aromatic heterocycles. The standard InChI is InChI=1S/C27H38N6O2/c1-20(2)28-26-8-11-33(29-26)27(34)32-14-12-30(13-15-32)19-22-16-21(3)17-25(18-22)35-24-6-9-31(10-7-24)23-4-5-23/h8,11,16-18,23-24H,1,4-7,9-10,12-15,19H2,2-3H3,(H,28,29). The first kappa shape index (κ1) is 23.9. The van der Waals surface area contributed by atoms with Gasteiger partial charge in [-0.1, -0.05) is 12.6 Å². The lowest BCUT2D eigenvalue weighted by Gasteiger charge is -2.34. The number of amides is 1. The molecule has 0 radical (unpaired) electrons. The number of benzene rings is 1. The summed E-state index contributed by atoms with van der Waals surface area (Å²) in [5, 5.41) is 7.36. The van der Waals surface area contributed by atoms with Gasteiger partial charge >= 0.3 is 6.03 Å². The Kier molecular flexibility index (Phi) is 7.11. The van der Waals surface area contributed by atoms with Gasteiger partial charge in [0.1, 0.15) is 11.9 Å². The molecule has 0 spiro atoms. The molecule has 3 aliphatic rings. The van der Waals surface area contributed by atoms with Crippen molar-refractivity contribution >= 4 is 11.8 Å². The van der Waals surface area contributed by atoms with Crippen LogP contribution in [-0.4, -0.2) is 81.9 Å². The summed E-state index contributed by atoms with van der Waals surface area (Å²) in [6.07, 6.45) is 7.03. The van der Waals surface area contributed by atoms with Crippen molar-refractivity contribution in [1.29, 1.82) is 0 Å². The Balaban J connectivity index is 1.11. The molecule has 5 rings (SSSR count). The number of aromatic nitrogens is 2. The maximum atomic E-state index is 12.8. The predicted molar refractivity (Wildman–Crippen MR) is 138 cm³/mol. The van der Waals surface area contributed by atoms with Gasteiger partial charge in [0.25, 0.3) is 0 Å². The highest BCUT2D eigenvalue weighted by molar-refractivity contribution is 5.76. The van der Waals surface area contributed by atoms with Crippen molar-refractivity contribution in [2.75, 3.05) is 44.6 Å². The molecule has 2 saturated heterocycles. The summed E-state index contributed by atoms with van der Waals surface area (Å²) in [5.41, 5.74) is 3.30. The van der Waals surface area contributed by atoms with E-state index in [2.05, 4.69) is 51.9 Å². The highest BCUT2D eigenvalue weighted by Crippen LogP contribution is 2.30. The van der Waals surface area contributed by atoms with Crippen molar-refractivity contribution in [3.8, 4) is 5.75 Å². The van der Waals surface area contributed by atoms with Crippen LogP contribution >= 0.6 is 0 Å². The third-order valence-electron chi connectivity index (χ3n) is 7.13. The van der Waals surface area contributed by atoms with E-state index in [0.29, 0.717) is 25.0 Å². The van der Waals surface area contributed by atoms with Crippen molar-refractivity contribution < 1.29 is 9.53 Å². The first-order chi connectivity index (χ1) is 16.9. The second kappa shape index (κ2) is 10.4. The number of rotatable bonds is 7. The van der Waals surface area contributed by atoms with Gasteiger partial charge in [-0.3, -0.25) is 4.90 Å². The summed E-state index contributed by atoms with van der Waals surface area (Å²) in [4.78, 5) is 19.8. The number of nitrogens with zero attached hydrogens (tertiary/aromatic N) is 5. The Morgan fingerprint density at radius 2 is 1.83 bits per heavy atom. The van der Waals surface area contributed by atoms with Gasteiger partial charge in [-0.2, -0.15) is 4.68 Å². The molecule has 35 heavy (non-hydrogen) atoms. The molecular weight excluding hydrogens is 440 g/mol. The van der Waals surface area contributed by atoms with Gasteiger partial charge in [0.15, 0.2) is 5.82 Å². The van der Waals surface area contributed by atoms with E-state index in [1.54, 1.807) is 12.3 Å². The van der Waals surface area contributed by atoms with E-state index in [9.17, 15) is 4.79 Å². The average Bonchev–Trinajstić information content (AvgIpc) is 3.58. The first-order valence-corrected chi connectivity index (χ1v) is 12.9. The van der Waals surface area contributed by atoms with Gasteiger partial charge in [0.2, 0.25) is 0 Å². The maximum absolute atomic E-state index is 12.8. The monoisotopic (exact) mass is 478 g/mol. The van der Waals surface area contributed by atoms with Crippen LogP contribution in [0.4, 0.5) is 10.6 Å². The van der Waals surface area contributed by atoms with Crippen LogP contribution in [0.5, 0.6) is 5.75 Å². The molecular formula is C27H38N6O2. The van der Waals surface area contributed by atoms with Crippen LogP contribution in [0.25, 0.3) is 0 Å². The van der Waals surface area contributed by atoms with Gasteiger partial charge in [-0.25, -0.2) is 4.79 Å². The maximum Gasteiger partial charge on any atom is 0.344 e. The van der Waals surface area contributed by atoms with Crippen molar-refractivity contribution in [1.82, 2.24) is 24.5 Å². The van der Waals surface area contributed by atoms with E-state index in [-0.39, 0.29) is 6.03 Å². The molecule has 2 aliphatic heterocycles. The van der Waals surface area contributed by atoms with Crippen LogP contribution in [0, 0.1) is 6.92 Å². The van der Waals surface area contributed by atoms with Crippen molar-refractivity contribution in [3.63, 3.8) is 0 Å². The summed E-state index contributed by atoms with van der Waals surface area (Å²) in [7, 11) is 0. The number of allylic oxidation sites excluding steroid dienone is 1. The molecule has 0 atom stereocenters. The molecule has 1 aromatic carbocycles. The molecule has 0 unspecified atom stereocenters. The fourth-order valence-electron chi connectivity index (χ4n) is 5.19. The molecule has 1 saturated carbocycles. The number of carbonyl (C=O) groups is 1. The number of likely N-dealkylation sites (tertiary alicyclic amines) is 1. The fourth-order valence-corrected chi connectivity index (χ4v) is 5.19. The van der Waals surface area contributed by atoms with E-state index in [1.165, 1.54) is 41.7 Å². The Hall–Kier alpha value is -2.84. The number of carbonyl (C=O) groups excluding carboxylic acids is 1. The number of aryl methyl sites for hydroxylation is 1. The highest BCUT2D eigenvalue weighted by atomic mass is 16.5. The smallest absolute Gasteiger partial charge is 0.344 e. The minimum Gasteiger partial charge on any atom is -0.490 e. The first-order valence-electron chi connectivity index (χ1n) is 12.9. The van der Waals surface area contributed by atoms with E-state index < -0.39 is 0 Å². The average molecular weight is 479 g/mol. The lowest BCUT2D eigenvalue weighted by Crippen LogP contribution is -2.49. The third-order valence-corrected chi connectivity index (χ3v) is 7.13. The number of nitrogens with one attached hydrogen (secondary N) is 1. The van der Waals surface area contributed by atoms with Crippen molar-refractivity contribution in [2.24, 2.45) is 0 Å². The molecule has 3 heterocycles. The normalized spacial score (nSPS) is 20.1. The van der Waals surface area contributed by atoms with E-state index in [1.807, 2.05) is 11.8 Å². The van der Waals surface area contributed by atoms with Gasteiger partial charge in [-0.05, 0) is 62.8 Å². The molecule has 1 amide bonds. The Labute approximate surface area is 208 Å². The number of piperidine rings is 1. The minimum absolute atomic E-state index is 0.0848. The molecule has 188 valence electrons. The van der Waals surface area contributed by atoms with Crippen molar-refractivity contribution in [3.05, 3.63) is 53.9 Å². The second-order valence-electron chi connectivity index (χ2n) is 10.3. The zero-order valence-corrected chi connectivity index (χ0v) is 21.1. The van der Waals surface area contributed by atoms with E-state index >= 15 is 0 Å². The van der Waals surface area contributed by atoms with E-state index in [4.69, 9.17) is 4.74 Å². The van der Waals surface area contributed by atoms with Gasteiger partial charge in [-0.15, -0.1) is 5.10 Å². The lowest BCUT2D eigenvalue weighted by molar-refractivity contribution is 0.0963. The van der Waals surface area contributed by atoms with Gasteiger partial charge in [0.05, 0.1) is 0 Å². The summed E-state index contributed by atoms with van der Waals surface area (Å²) in [6.45, 7) is 14.1. The molecule has 2 aromatic rings. The number of hydrogen-bond donors (Lipinski definition) is 1.